The van der Waals surface area contributed by atoms with Crippen LogP contribution >= 0.6 is 23.2 Å². The maximum atomic E-state index is 12.1. The Morgan fingerprint density at radius 1 is 1.12 bits per heavy atom. The molecule has 2 amide bonds. The topological polar surface area (TPSA) is 49.4 Å². The van der Waals surface area contributed by atoms with Gasteiger partial charge in [0, 0.05) is 41.3 Å². The van der Waals surface area contributed by atoms with E-state index in [4.69, 9.17) is 23.2 Å². The minimum Gasteiger partial charge on any atom is -0.350 e. The second-order valence-corrected chi connectivity index (χ2v) is 6.21. The van der Waals surface area contributed by atoms with Crippen LogP contribution in [0, 0.1) is 6.92 Å². The fourth-order valence-electron chi connectivity index (χ4n) is 2.23. The van der Waals surface area contributed by atoms with Gasteiger partial charge in [-0.25, -0.2) is 0 Å². The number of rotatable bonds is 5. The van der Waals surface area contributed by atoms with Crippen LogP contribution in [0.15, 0.2) is 42.5 Å². The summed E-state index contributed by atoms with van der Waals surface area (Å²) in [5.74, 6) is -0.352. The van der Waals surface area contributed by atoms with E-state index in [9.17, 15) is 9.59 Å². The fraction of sp³-hybridized carbons (Fsp3) is 0.222. The van der Waals surface area contributed by atoms with Gasteiger partial charge in [0.25, 0.3) is 5.91 Å². The Morgan fingerprint density at radius 3 is 2.50 bits per heavy atom. The van der Waals surface area contributed by atoms with Gasteiger partial charge >= 0.3 is 0 Å². The molecule has 24 heavy (non-hydrogen) atoms. The quantitative estimate of drug-likeness (QED) is 0.868. The van der Waals surface area contributed by atoms with Crippen LogP contribution < -0.4 is 10.2 Å². The van der Waals surface area contributed by atoms with E-state index in [1.165, 1.54) is 6.92 Å². The highest BCUT2D eigenvalue weighted by Crippen LogP contribution is 2.23. The van der Waals surface area contributed by atoms with Crippen molar-refractivity contribution in [3.63, 3.8) is 0 Å². The highest BCUT2D eigenvalue weighted by molar-refractivity contribution is 6.31. The number of carbonyl (C=O) groups is 2. The third kappa shape index (κ3) is 4.73. The van der Waals surface area contributed by atoms with Crippen LogP contribution in [0.5, 0.6) is 0 Å². The molecule has 0 aromatic heterocycles. The van der Waals surface area contributed by atoms with Crippen molar-refractivity contribution < 1.29 is 9.59 Å². The zero-order chi connectivity index (χ0) is 17.7. The maximum Gasteiger partial charge on any atom is 0.251 e. The van der Waals surface area contributed by atoms with Crippen molar-refractivity contribution >= 4 is 40.7 Å². The summed E-state index contributed by atoms with van der Waals surface area (Å²) in [7, 11) is 0. The molecule has 1 N–H and O–H groups in total. The van der Waals surface area contributed by atoms with E-state index in [1.54, 1.807) is 35.2 Å². The zero-order valence-corrected chi connectivity index (χ0v) is 15.0. The average Bonchev–Trinajstić information content (AvgIpc) is 2.54. The Labute approximate surface area is 151 Å². The van der Waals surface area contributed by atoms with Crippen LogP contribution in [0.3, 0.4) is 0 Å². The molecule has 2 rings (SSSR count). The molecule has 0 radical (unpaired) electrons. The molecule has 0 bridgehead atoms. The van der Waals surface area contributed by atoms with Gasteiger partial charge in [-0.15, -0.1) is 0 Å². The lowest BCUT2D eigenvalue weighted by Crippen LogP contribution is -2.37. The van der Waals surface area contributed by atoms with E-state index in [-0.39, 0.29) is 11.8 Å². The van der Waals surface area contributed by atoms with E-state index < -0.39 is 0 Å². The van der Waals surface area contributed by atoms with Crippen LogP contribution in [0.25, 0.3) is 0 Å². The normalized spacial score (nSPS) is 10.3. The fourth-order valence-corrected chi connectivity index (χ4v) is 2.60. The number of anilines is 1. The largest absolute Gasteiger partial charge is 0.350 e. The first kappa shape index (κ1) is 18.3. The predicted octanol–water partition coefficient (Wildman–Crippen LogP) is 4.08. The van der Waals surface area contributed by atoms with Gasteiger partial charge in [-0.05, 0) is 42.8 Å². The van der Waals surface area contributed by atoms with E-state index in [0.29, 0.717) is 34.4 Å². The van der Waals surface area contributed by atoms with Crippen LogP contribution in [-0.2, 0) is 4.79 Å². The Hall–Kier alpha value is -2.04. The summed E-state index contributed by atoms with van der Waals surface area (Å²) in [6.45, 7) is 4.04. The van der Waals surface area contributed by atoms with Crippen LogP contribution in [-0.4, -0.2) is 24.9 Å². The summed E-state index contributed by atoms with van der Waals surface area (Å²) < 4.78 is 0. The molecule has 0 spiro atoms. The third-order valence-corrected chi connectivity index (χ3v) is 4.20. The molecule has 0 saturated carbocycles. The van der Waals surface area contributed by atoms with Gasteiger partial charge in [-0.3, -0.25) is 9.59 Å². The van der Waals surface area contributed by atoms with E-state index in [1.807, 2.05) is 19.1 Å². The number of amides is 2. The standard InChI is InChI=1S/C18H18Cl2N2O2/c1-12-6-7-16(11-17(12)20)22(13(2)23)9-8-21-18(24)14-4-3-5-15(19)10-14/h3-7,10-11H,8-9H2,1-2H3,(H,21,24). The molecule has 0 aliphatic rings. The molecule has 0 unspecified atom stereocenters. The van der Waals surface area contributed by atoms with E-state index in [2.05, 4.69) is 5.32 Å². The monoisotopic (exact) mass is 364 g/mol. The van der Waals surface area contributed by atoms with Crippen molar-refractivity contribution in [3.05, 3.63) is 63.6 Å². The van der Waals surface area contributed by atoms with Crippen molar-refractivity contribution in [2.45, 2.75) is 13.8 Å². The first-order valence-electron chi connectivity index (χ1n) is 7.46. The van der Waals surface area contributed by atoms with Crippen molar-refractivity contribution in [1.82, 2.24) is 5.32 Å². The first-order chi connectivity index (χ1) is 11.4. The predicted molar refractivity (Wildman–Crippen MR) is 98.0 cm³/mol. The smallest absolute Gasteiger partial charge is 0.251 e. The second kappa shape index (κ2) is 8.18. The molecule has 2 aromatic rings. The number of halogens is 2. The van der Waals surface area contributed by atoms with Gasteiger partial charge in [-0.2, -0.15) is 0 Å². The molecular weight excluding hydrogens is 347 g/mol. The molecule has 0 atom stereocenters. The molecule has 0 aliphatic heterocycles. The summed E-state index contributed by atoms with van der Waals surface area (Å²) in [4.78, 5) is 25.5. The van der Waals surface area contributed by atoms with Crippen molar-refractivity contribution in [1.29, 1.82) is 0 Å². The maximum absolute atomic E-state index is 12.1. The molecule has 4 nitrogen and oxygen atoms in total. The van der Waals surface area contributed by atoms with Crippen molar-refractivity contribution in [2.75, 3.05) is 18.0 Å². The third-order valence-electron chi connectivity index (χ3n) is 3.55. The number of hydrogen-bond donors (Lipinski definition) is 1. The summed E-state index contributed by atoms with van der Waals surface area (Å²) in [5, 5.41) is 3.88. The summed E-state index contributed by atoms with van der Waals surface area (Å²) in [6, 6.07) is 12.1. The van der Waals surface area contributed by atoms with Crippen molar-refractivity contribution in [2.24, 2.45) is 0 Å². The summed E-state index contributed by atoms with van der Waals surface area (Å²) in [6.07, 6.45) is 0. The number of hydrogen-bond acceptors (Lipinski definition) is 2. The molecule has 0 heterocycles. The number of nitrogens with one attached hydrogen (secondary N) is 1. The number of carbonyl (C=O) groups excluding carboxylic acids is 2. The van der Waals surface area contributed by atoms with Crippen LogP contribution in [0.2, 0.25) is 10.0 Å². The van der Waals surface area contributed by atoms with Gasteiger partial charge in [0.15, 0.2) is 0 Å². The van der Waals surface area contributed by atoms with E-state index >= 15 is 0 Å². The van der Waals surface area contributed by atoms with Gasteiger partial charge < -0.3 is 10.2 Å². The Kier molecular flexibility index (Phi) is 6.23. The molecule has 126 valence electrons. The van der Waals surface area contributed by atoms with Crippen molar-refractivity contribution in [3.8, 4) is 0 Å². The average molecular weight is 365 g/mol. The lowest BCUT2D eigenvalue weighted by Gasteiger charge is -2.22. The lowest BCUT2D eigenvalue weighted by atomic mass is 10.2. The summed E-state index contributed by atoms with van der Waals surface area (Å²) >= 11 is 12.0. The van der Waals surface area contributed by atoms with E-state index in [0.717, 1.165) is 5.56 Å². The van der Waals surface area contributed by atoms with Gasteiger partial charge in [-0.1, -0.05) is 35.3 Å². The highest BCUT2D eigenvalue weighted by atomic mass is 35.5. The minimum absolute atomic E-state index is 0.119. The number of aryl methyl sites for hydroxylation is 1. The Balaban J connectivity index is 2.00. The molecule has 0 fully saturated rings. The summed E-state index contributed by atoms with van der Waals surface area (Å²) in [5.41, 5.74) is 2.13. The first-order valence-corrected chi connectivity index (χ1v) is 8.22. The SMILES string of the molecule is CC(=O)N(CCNC(=O)c1cccc(Cl)c1)c1ccc(C)c(Cl)c1. The Morgan fingerprint density at radius 2 is 1.88 bits per heavy atom. The molecule has 2 aromatic carbocycles. The van der Waals surface area contributed by atoms with Gasteiger partial charge in [0.05, 0.1) is 0 Å². The molecule has 0 saturated heterocycles. The van der Waals surface area contributed by atoms with Crippen LogP contribution in [0.4, 0.5) is 5.69 Å². The second-order valence-electron chi connectivity index (χ2n) is 5.37. The molecular formula is C18H18Cl2N2O2. The Bertz CT molecular complexity index is 762. The lowest BCUT2D eigenvalue weighted by molar-refractivity contribution is -0.116. The zero-order valence-electron chi connectivity index (χ0n) is 13.5. The van der Waals surface area contributed by atoms with Crippen LogP contribution in [0.1, 0.15) is 22.8 Å². The number of nitrogens with zero attached hydrogens (tertiary/aromatic N) is 1. The minimum atomic E-state index is -0.233. The van der Waals surface area contributed by atoms with Gasteiger partial charge in [0.1, 0.15) is 0 Å². The molecule has 6 heteroatoms. The number of benzene rings is 2. The van der Waals surface area contributed by atoms with Gasteiger partial charge in [0.2, 0.25) is 5.91 Å². The highest BCUT2D eigenvalue weighted by Gasteiger charge is 2.13. The molecule has 0 aliphatic carbocycles.